The molecule has 1 aromatic carbocycles. The first-order valence-electron chi connectivity index (χ1n) is 8.74. The molecule has 0 atom stereocenters. The lowest BCUT2D eigenvalue weighted by Gasteiger charge is -2.09. The van der Waals surface area contributed by atoms with Crippen molar-refractivity contribution in [1.82, 2.24) is 30.3 Å². The zero-order valence-corrected chi connectivity index (χ0v) is 17.8. The van der Waals surface area contributed by atoms with Gasteiger partial charge >= 0.3 is 0 Å². The lowest BCUT2D eigenvalue weighted by molar-refractivity contribution is -0.133. The Morgan fingerprint density at radius 2 is 2.10 bits per heavy atom. The van der Waals surface area contributed by atoms with Crippen LogP contribution in [0.15, 0.2) is 11.4 Å². The van der Waals surface area contributed by atoms with Crippen LogP contribution in [0.2, 0.25) is 0 Å². The second-order valence-corrected chi connectivity index (χ2v) is 8.54. The van der Waals surface area contributed by atoms with Crippen LogP contribution in [0.25, 0.3) is 32.2 Å². The number of benzene rings is 1. The average Bonchev–Trinajstić information content (AvgIpc) is 3.44. The topological polar surface area (TPSA) is 96.9 Å². The van der Waals surface area contributed by atoms with E-state index in [1.165, 1.54) is 27.6 Å². The summed E-state index contributed by atoms with van der Waals surface area (Å²) in [7, 11) is 3.32. The van der Waals surface area contributed by atoms with E-state index in [1.54, 1.807) is 19.5 Å². The smallest absolute Gasteiger partial charge is 0.248 e. The molecule has 8 nitrogen and oxygen atoms in total. The van der Waals surface area contributed by atoms with Crippen molar-refractivity contribution in [2.24, 2.45) is 0 Å². The number of ether oxygens (including phenoxy) is 1. The SMILES string of the molecule is Cc1nc(COCC(=O)N(C)C)sc1-c1csc(-c2cc(F)c3[nH]nnc3c2F)n1. The molecule has 0 fully saturated rings. The Bertz CT molecular complexity index is 1230. The van der Waals surface area contributed by atoms with Crippen LogP contribution in [0.3, 0.4) is 0 Å². The van der Waals surface area contributed by atoms with Gasteiger partial charge in [0.1, 0.15) is 22.1 Å². The summed E-state index contributed by atoms with van der Waals surface area (Å²) in [4.78, 5) is 22.8. The Balaban J connectivity index is 1.57. The van der Waals surface area contributed by atoms with Crippen molar-refractivity contribution in [3.8, 4) is 21.1 Å². The average molecular weight is 450 g/mol. The van der Waals surface area contributed by atoms with Crippen LogP contribution < -0.4 is 0 Å². The van der Waals surface area contributed by atoms with Crippen molar-refractivity contribution in [1.29, 1.82) is 0 Å². The number of aryl methyl sites for hydroxylation is 1. The summed E-state index contributed by atoms with van der Waals surface area (Å²) in [5.74, 6) is -1.46. The minimum Gasteiger partial charge on any atom is -0.364 e. The van der Waals surface area contributed by atoms with Gasteiger partial charge in [-0.15, -0.1) is 27.8 Å². The van der Waals surface area contributed by atoms with Crippen LogP contribution >= 0.6 is 22.7 Å². The van der Waals surface area contributed by atoms with E-state index in [9.17, 15) is 13.6 Å². The van der Waals surface area contributed by atoms with Gasteiger partial charge in [0.25, 0.3) is 0 Å². The number of nitrogens with zero attached hydrogens (tertiary/aromatic N) is 5. The zero-order valence-electron chi connectivity index (χ0n) is 16.2. The van der Waals surface area contributed by atoms with E-state index in [0.29, 0.717) is 15.7 Å². The third kappa shape index (κ3) is 3.80. The van der Waals surface area contributed by atoms with Crippen molar-refractivity contribution in [2.45, 2.75) is 13.5 Å². The molecule has 0 unspecified atom stereocenters. The fourth-order valence-electron chi connectivity index (χ4n) is 2.70. The van der Waals surface area contributed by atoms with Crippen molar-refractivity contribution in [2.75, 3.05) is 20.7 Å². The molecule has 0 aliphatic heterocycles. The van der Waals surface area contributed by atoms with Crippen LogP contribution in [-0.4, -0.2) is 56.9 Å². The number of thiazole rings is 2. The van der Waals surface area contributed by atoms with E-state index in [2.05, 4.69) is 25.4 Å². The minimum atomic E-state index is -0.679. The van der Waals surface area contributed by atoms with Crippen molar-refractivity contribution >= 4 is 39.6 Å². The summed E-state index contributed by atoms with van der Waals surface area (Å²) in [6.45, 7) is 2.00. The third-order valence-corrected chi connectivity index (χ3v) is 6.29. The molecule has 0 aliphatic carbocycles. The van der Waals surface area contributed by atoms with Gasteiger partial charge in [-0.05, 0) is 13.0 Å². The summed E-state index contributed by atoms with van der Waals surface area (Å²) in [6.07, 6.45) is 0. The van der Waals surface area contributed by atoms with E-state index >= 15 is 0 Å². The van der Waals surface area contributed by atoms with Crippen LogP contribution in [0.1, 0.15) is 10.7 Å². The maximum absolute atomic E-state index is 14.7. The number of halogens is 2. The number of nitrogens with one attached hydrogen (secondary N) is 1. The molecule has 156 valence electrons. The number of carbonyl (C=O) groups excluding carboxylic acids is 1. The molecule has 12 heteroatoms. The molecular weight excluding hydrogens is 434 g/mol. The highest BCUT2D eigenvalue weighted by Gasteiger charge is 2.20. The molecule has 3 heterocycles. The summed E-state index contributed by atoms with van der Waals surface area (Å²) in [5.41, 5.74) is 1.14. The molecule has 0 radical (unpaired) electrons. The second kappa shape index (κ2) is 8.13. The number of amides is 1. The van der Waals surface area contributed by atoms with Gasteiger partial charge in [0.05, 0.1) is 28.4 Å². The van der Waals surface area contributed by atoms with Crippen molar-refractivity contribution in [3.05, 3.63) is 33.8 Å². The van der Waals surface area contributed by atoms with Gasteiger partial charge in [0, 0.05) is 19.5 Å². The summed E-state index contributed by atoms with van der Waals surface area (Å²) in [6, 6.07) is 1.08. The second-order valence-electron chi connectivity index (χ2n) is 6.60. The number of hydrogen-bond donors (Lipinski definition) is 1. The predicted molar refractivity (Wildman–Crippen MR) is 109 cm³/mol. The number of likely N-dealkylation sites (N-methyl/N-ethyl adjacent to an activating group) is 1. The Kier molecular flexibility index (Phi) is 5.54. The Morgan fingerprint density at radius 1 is 1.30 bits per heavy atom. The number of aromatic amines is 1. The number of aromatic nitrogens is 5. The molecule has 0 saturated heterocycles. The van der Waals surface area contributed by atoms with Gasteiger partial charge in [0.2, 0.25) is 5.91 Å². The number of fused-ring (bicyclic) bond motifs is 1. The first-order chi connectivity index (χ1) is 14.3. The van der Waals surface area contributed by atoms with E-state index in [1.807, 2.05) is 6.92 Å². The molecule has 1 amide bonds. The standard InChI is InChI=1S/C18H16F2N6O2S2/c1-8-17(30-12(21-8)5-28-6-13(27)26(2)3)11-7-29-18(22-11)9-4-10(19)15-16(14(9)20)24-25-23-15/h4,7H,5-6H2,1-3H3,(H,23,24,25). The lowest BCUT2D eigenvalue weighted by Crippen LogP contribution is -2.26. The van der Waals surface area contributed by atoms with E-state index < -0.39 is 11.6 Å². The highest BCUT2D eigenvalue weighted by atomic mass is 32.1. The van der Waals surface area contributed by atoms with Gasteiger partial charge in [-0.25, -0.2) is 18.7 Å². The number of H-pyrrole nitrogens is 1. The summed E-state index contributed by atoms with van der Waals surface area (Å²) >= 11 is 2.58. The Morgan fingerprint density at radius 3 is 2.87 bits per heavy atom. The fraction of sp³-hybridized carbons (Fsp3) is 0.278. The van der Waals surface area contributed by atoms with E-state index in [0.717, 1.165) is 16.6 Å². The normalized spacial score (nSPS) is 11.4. The Labute approximate surface area is 177 Å². The van der Waals surface area contributed by atoms with Crippen LogP contribution in [0.4, 0.5) is 8.78 Å². The maximum atomic E-state index is 14.7. The number of carbonyl (C=O) groups is 1. The van der Waals surface area contributed by atoms with Gasteiger partial charge in [-0.1, -0.05) is 5.21 Å². The maximum Gasteiger partial charge on any atom is 0.248 e. The van der Waals surface area contributed by atoms with Gasteiger partial charge in [-0.3, -0.25) is 9.89 Å². The van der Waals surface area contributed by atoms with Crippen molar-refractivity contribution in [3.63, 3.8) is 0 Å². The molecule has 4 rings (SSSR count). The fourth-order valence-corrected chi connectivity index (χ4v) is 4.56. The molecule has 4 aromatic rings. The largest absolute Gasteiger partial charge is 0.364 e. The molecular formula is C18H16F2N6O2S2. The van der Waals surface area contributed by atoms with Crippen LogP contribution in [0.5, 0.6) is 0 Å². The quantitative estimate of drug-likeness (QED) is 0.484. The molecule has 0 spiro atoms. The molecule has 1 N–H and O–H groups in total. The first kappa shape index (κ1) is 20.4. The highest BCUT2D eigenvalue weighted by molar-refractivity contribution is 7.16. The van der Waals surface area contributed by atoms with Gasteiger partial charge in [-0.2, -0.15) is 0 Å². The van der Waals surface area contributed by atoms with Crippen LogP contribution in [-0.2, 0) is 16.1 Å². The monoisotopic (exact) mass is 450 g/mol. The summed E-state index contributed by atoms with van der Waals surface area (Å²) < 4.78 is 34.4. The number of rotatable bonds is 6. The highest BCUT2D eigenvalue weighted by Crippen LogP contribution is 2.36. The van der Waals surface area contributed by atoms with Crippen molar-refractivity contribution < 1.29 is 18.3 Å². The summed E-state index contributed by atoms with van der Waals surface area (Å²) in [5, 5.41) is 12.2. The predicted octanol–water partition coefficient (Wildman–Crippen LogP) is 3.40. The third-order valence-electron chi connectivity index (χ3n) is 4.26. The number of hydrogen-bond acceptors (Lipinski definition) is 8. The molecule has 0 aliphatic rings. The van der Waals surface area contributed by atoms with E-state index in [4.69, 9.17) is 4.74 Å². The molecule has 30 heavy (non-hydrogen) atoms. The molecule has 0 saturated carbocycles. The van der Waals surface area contributed by atoms with E-state index in [-0.39, 0.29) is 35.7 Å². The molecule has 0 bridgehead atoms. The Hall–Kier alpha value is -2.83. The van der Waals surface area contributed by atoms with Gasteiger partial charge in [0.15, 0.2) is 17.2 Å². The first-order valence-corrected chi connectivity index (χ1v) is 10.4. The van der Waals surface area contributed by atoms with Gasteiger partial charge < -0.3 is 9.64 Å². The lowest BCUT2D eigenvalue weighted by atomic mass is 10.2. The molecule has 3 aromatic heterocycles. The minimum absolute atomic E-state index is 0.0260. The van der Waals surface area contributed by atoms with Crippen LogP contribution in [0, 0.1) is 18.6 Å². The zero-order chi connectivity index (χ0) is 21.4.